The molecule has 1 nitrogen and oxygen atoms in total. The Bertz CT molecular complexity index is 140. The molecule has 11 heavy (non-hydrogen) atoms. The van der Waals surface area contributed by atoms with Gasteiger partial charge < -0.3 is 4.74 Å². The smallest absolute Gasteiger partial charge is 0.399 e. The SMILES string of the molecule is C/C(F)=C\OC(F)(F)CCF. The average Bonchev–Trinajstić information content (AvgIpc) is 1.84. The van der Waals surface area contributed by atoms with Crippen molar-refractivity contribution >= 4 is 0 Å². The molecular weight excluding hydrogens is 164 g/mol. The van der Waals surface area contributed by atoms with Gasteiger partial charge >= 0.3 is 6.11 Å². The van der Waals surface area contributed by atoms with Gasteiger partial charge in [0, 0.05) is 0 Å². The summed E-state index contributed by atoms with van der Waals surface area (Å²) in [6.07, 6.45) is -4.41. The summed E-state index contributed by atoms with van der Waals surface area (Å²) in [5.74, 6) is -0.886. The first kappa shape index (κ1) is 10.3. The van der Waals surface area contributed by atoms with Gasteiger partial charge in [-0.25, -0.2) is 4.39 Å². The standard InChI is InChI=1S/C6H8F4O/c1-5(8)4-11-6(9,10)2-3-7/h4H,2-3H2,1H3/b5-4+. The zero-order chi connectivity index (χ0) is 8.91. The van der Waals surface area contributed by atoms with Gasteiger partial charge in [-0.3, -0.25) is 4.39 Å². The minimum absolute atomic E-state index is 0.260. The number of ether oxygens (including phenoxy) is 1. The molecule has 0 amide bonds. The molecule has 0 fully saturated rings. The highest BCUT2D eigenvalue weighted by molar-refractivity contribution is 4.79. The second-order valence-corrected chi connectivity index (χ2v) is 1.90. The Hall–Kier alpha value is -0.740. The Morgan fingerprint density at radius 1 is 1.55 bits per heavy atom. The maximum atomic E-state index is 12.1. The molecule has 0 rings (SSSR count). The van der Waals surface area contributed by atoms with E-state index >= 15 is 0 Å². The van der Waals surface area contributed by atoms with Crippen LogP contribution in [0.25, 0.3) is 0 Å². The van der Waals surface area contributed by atoms with Crippen molar-refractivity contribution in [2.75, 3.05) is 6.67 Å². The van der Waals surface area contributed by atoms with Crippen molar-refractivity contribution in [3.05, 3.63) is 12.1 Å². The van der Waals surface area contributed by atoms with Gasteiger partial charge in [0.2, 0.25) is 0 Å². The second-order valence-electron chi connectivity index (χ2n) is 1.90. The van der Waals surface area contributed by atoms with Crippen molar-refractivity contribution in [1.82, 2.24) is 0 Å². The molecule has 0 spiro atoms. The minimum atomic E-state index is -3.61. The number of rotatable bonds is 4. The van der Waals surface area contributed by atoms with Crippen LogP contribution >= 0.6 is 0 Å². The van der Waals surface area contributed by atoms with Crippen molar-refractivity contribution in [3.63, 3.8) is 0 Å². The van der Waals surface area contributed by atoms with Crippen LogP contribution < -0.4 is 0 Å². The van der Waals surface area contributed by atoms with Gasteiger partial charge in [-0.05, 0) is 6.92 Å². The average molecular weight is 172 g/mol. The van der Waals surface area contributed by atoms with Gasteiger partial charge in [0.15, 0.2) is 0 Å². The summed E-state index contributed by atoms with van der Waals surface area (Å²) < 4.78 is 51.0. The fraction of sp³-hybridized carbons (Fsp3) is 0.667. The van der Waals surface area contributed by atoms with Gasteiger partial charge in [0.1, 0.15) is 12.1 Å². The van der Waals surface area contributed by atoms with Crippen molar-refractivity contribution in [2.24, 2.45) is 0 Å². The normalized spacial score (nSPS) is 13.4. The Morgan fingerprint density at radius 2 is 2.09 bits per heavy atom. The van der Waals surface area contributed by atoms with E-state index < -0.39 is 25.0 Å². The third-order valence-electron chi connectivity index (χ3n) is 0.779. The van der Waals surface area contributed by atoms with Crippen LogP contribution in [-0.4, -0.2) is 12.8 Å². The van der Waals surface area contributed by atoms with E-state index in [2.05, 4.69) is 4.74 Å². The van der Waals surface area contributed by atoms with Crippen LogP contribution in [0.2, 0.25) is 0 Å². The zero-order valence-corrected chi connectivity index (χ0v) is 5.91. The Labute approximate surface area is 61.7 Å². The van der Waals surface area contributed by atoms with E-state index in [1.807, 2.05) is 0 Å². The number of allylic oxidation sites excluding steroid dienone is 1. The first-order chi connectivity index (χ1) is 4.98. The Balaban J connectivity index is 3.81. The van der Waals surface area contributed by atoms with E-state index in [1.165, 1.54) is 0 Å². The van der Waals surface area contributed by atoms with E-state index in [9.17, 15) is 17.6 Å². The van der Waals surface area contributed by atoms with E-state index in [-0.39, 0.29) is 6.26 Å². The number of hydrogen-bond acceptors (Lipinski definition) is 1. The molecule has 0 heterocycles. The predicted molar refractivity (Wildman–Crippen MR) is 31.5 cm³/mol. The Kier molecular flexibility index (Phi) is 3.92. The lowest BCUT2D eigenvalue weighted by Crippen LogP contribution is -2.18. The molecule has 0 unspecified atom stereocenters. The monoisotopic (exact) mass is 172 g/mol. The fourth-order valence-corrected chi connectivity index (χ4v) is 0.336. The molecule has 0 atom stereocenters. The highest BCUT2D eigenvalue weighted by atomic mass is 19.3. The zero-order valence-electron chi connectivity index (χ0n) is 5.91. The van der Waals surface area contributed by atoms with Crippen LogP contribution in [0.5, 0.6) is 0 Å². The molecule has 0 aliphatic rings. The maximum absolute atomic E-state index is 12.1. The van der Waals surface area contributed by atoms with Gasteiger partial charge in [-0.1, -0.05) is 0 Å². The molecule has 0 aromatic carbocycles. The predicted octanol–water partition coefficient (Wildman–Crippen LogP) is 2.79. The summed E-state index contributed by atoms with van der Waals surface area (Å²) in [4.78, 5) is 0. The summed E-state index contributed by atoms with van der Waals surface area (Å²) in [7, 11) is 0. The lowest BCUT2D eigenvalue weighted by Gasteiger charge is -2.12. The first-order valence-electron chi connectivity index (χ1n) is 2.92. The summed E-state index contributed by atoms with van der Waals surface area (Å²) >= 11 is 0. The van der Waals surface area contributed by atoms with Crippen molar-refractivity contribution < 1.29 is 22.3 Å². The fourth-order valence-electron chi connectivity index (χ4n) is 0.336. The molecule has 5 heteroatoms. The van der Waals surface area contributed by atoms with E-state index in [4.69, 9.17) is 0 Å². The van der Waals surface area contributed by atoms with Crippen molar-refractivity contribution in [2.45, 2.75) is 19.5 Å². The molecule has 0 saturated heterocycles. The molecular formula is C6H8F4O. The maximum Gasteiger partial charge on any atom is 0.399 e. The quantitative estimate of drug-likeness (QED) is 0.468. The van der Waals surface area contributed by atoms with Crippen LogP contribution in [0, 0.1) is 0 Å². The van der Waals surface area contributed by atoms with Crippen LogP contribution in [0.1, 0.15) is 13.3 Å². The highest BCUT2D eigenvalue weighted by Crippen LogP contribution is 2.20. The molecule has 0 bridgehead atoms. The second kappa shape index (κ2) is 4.20. The summed E-state index contributed by atoms with van der Waals surface area (Å²) in [5, 5.41) is 0. The molecule has 66 valence electrons. The molecule has 0 N–H and O–H groups in total. The minimum Gasteiger partial charge on any atom is -0.438 e. The third-order valence-corrected chi connectivity index (χ3v) is 0.779. The topological polar surface area (TPSA) is 9.23 Å². The third kappa shape index (κ3) is 5.69. The molecule has 0 saturated carbocycles. The molecule has 0 radical (unpaired) electrons. The van der Waals surface area contributed by atoms with Crippen LogP contribution in [0.15, 0.2) is 12.1 Å². The van der Waals surface area contributed by atoms with Crippen molar-refractivity contribution in [3.8, 4) is 0 Å². The lowest BCUT2D eigenvalue weighted by molar-refractivity contribution is -0.210. The van der Waals surface area contributed by atoms with E-state index in [1.54, 1.807) is 0 Å². The van der Waals surface area contributed by atoms with E-state index in [0.717, 1.165) is 6.92 Å². The first-order valence-corrected chi connectivity index (χ1v) is 2.92. The number of halogens is 4. The molecule has 0 aliphatic carbocycles. The molecule has 0 aliphatic heterocycles. The number of hydrogen-bond donors (Lipinski definition) is 0. The molecule has 0 aromatic heterocycles. The van der Waals surface area contributed by atoms with Gasteiger partial charge in [0.05, 0.1) is 13.1 Å². The number of alkyl halides is 3. The summed E-state index contributed by atoms with van der Waals surface area (Å²) in [5.41, 5.74) is 0. The summed E-state index contributed by atoms with van der Waals surface area (Å²) in [6.45, 7) is -0.252. The summed E-state index contributed by atoms with van der Waals surface area (Å²) in [6, 6.07) is 0. The largest absolute Gasteiger partial charge is 0.438 e. The van der Waals surface area contributed by atoms with Gasteiger partial charge in [-0.15, -0.1) is 0 Å². The van der Waals surface area contributed by atoms with Gasteiger partial charge in [0.25, 0.3) is 0 Å². The highest BCUT2D eigenvalue weighted by Gasteiger charge is 2.29. The van der Waals surface area contributed by atoms with Crippen LogP contribution in [0.3, 0.4) is 0 Å². The van der Waals surface area contributed by atoms with Crippen LogP contribution in [-0.2, 0) is 4.74 Å². The van der Waals surface area contributed by atoms with Gasteiger partial charge in [-0.2, -0.15) is 8.78 Å². The Morgan fingerprint density at radius 3 is 2.45 bits per heavy atom. The van der Waals surface area contributed by atoms with Crippen molar-refractivity contribution in [1.29, 1.82) is 0 Å². The lowest BCUT2D eigenvalue weighted by atomic mass is 10.4. The van der Waals surface area contributed by atoms with Crippen LogP contribution in [0.4, 0.5) is 17.6 Å². The molecule has 0 aromatic rings. The van der Waals surface area contributed by atoms with E-state index in [0.29, 0.717) is 0 Å².